The van der Waals surface area contributed by atoms with Crippen molar-refractivity contribution in [2.45, 2.75) is 13.5 Å². The van der Waals surface area contributed by atoms with E-state index in [1.165, 1.54) is 17.3 Å². The van der Waals surface area contributed by atoms with E-state index < -0.39 is 0 Å². The van der Waals surface area contributed by atoms with Gasteiger partial charge in [-0.05, 0) is 52.2 Å². The zero-order valence-corrected chi connectivity index (χ0v) is 18.8. The van der Waals surface area contributed by atoms with E-state index in [9.17, 15) is 4.79 Å². The fraction of sp³-hybridized carbons (Fsp3) is 0.238. The zero-order valence-electron chi connectivity index (χ0n) is 15.6. The van der Waals surface area contributed by atoms with Gasteiger partial charge in [0.25, 0.3) is 5.91 Å². The number of rotatable bonds is 7. The van der Waals surface area contributed by atoms with Crippen LogP contribution in [0.3, 0.4) is 0 Å². The third-order valence-corrected chi connectivity index (χ3v) is 6.16. The van der Waals surface area contributed by atoms with E-state index >= 15 is 0 Å². The Morgan fingerprint density at radius 2 is 1.96 bits per heavy atom. The molecule has 0 aliphatic carbocycles. The number of amides is 1. The predicted octanol–water partition coefficient (Wildman–Crippen LogP) is 5.18. The Kier molecular flexibility index (Phi) is 7.29. The number of thioether (sulfide) groups is 1. The summed E-state index contributed by atoms with van der Waals surface area (Å²) in [5.41, 5.74) is 3.24. The predicted molar refractivity (Wildman–Crippen MR) is 121 cm³/mol. The van der Waals surface area contributed by atoms with Gasteiger partial charge in [0, 0.05) is 7.11 Å². The molecule has 0 saturated carbocycles. The van der Waals surface area contributed by atoms with Gasteiger partial charge in [-0.2, -0.15) is 0 Å². The van der Waals surface area contributed by atoms with Gasteiger partial charge in [-0.1, -0.05) is 59.9 Å². The Bertz CT molecular complexity index is 912. The van der Waals surface area contributed by atoms with Crippen molar-refractivity contribution >= 4 is 56.2 Å². The maximum absolute atomic E-state index is 12.5. The summed E-state index contributed by atoms with van der Waals surface area (Å²) in [6.45, 7) is 3.48. The fourth-order valence-electron chi connectivity index (χ4n) is 2.60. The quantitative estimate of drug-likeness (QED) is 0.405. The Balaban J connectivity index is 1.68. The first-order valence-corrected chi connectivity index (χ1v) is 10.7. The molecular weight excluding hydrogens is 458 g/mol. The number of hydrogen-bond acceptors (Lipinski definition) is 5. The van der Waals surface area contributed by atoms with Crippen LogP contribution in [-0.2, 0) is 16.1 Å². The molecule has 3 rings (SSSR count). The van der Waals surface area contributed by atoms with Gasteiger partial charge in [0.1, 0.15) is 16.7 Å². The highest BCUT2D eigenvalue weighted by Gasteiger charge is 2.31. The summed E-state index contributed by atoms with van der Waals surface area (Å²) in [6, 6.07) is 14.0. The lowest BCUT2D eigenvalue weighted by atomic mass is 10.1. The third kappa shape index (κ3) is 5.23. The highest BCUT2D eigenvalue weighted by molar-refractivity contribution is 9.10. The van der Waals surface area contributed by atoms with E-state index in [4.69, 9.17) is 21.7 Å². The molecule has 1 heterocycles. The summed E-state index contributed by atoms with van der Waals surface area (Å²) >= 11 is 10.2. The smallest absolute Gasteiger partial charge is 0.266 e. The summed E-state index contributed by atoms with van der Waals surface area (Å²) in [5, 5.41) is 0. The van der Waals surface area contributed by atoms with Gasteiger partial charge in [-0.15, -0.1) is 0 Å². The SMILES string of the molecule is COCCN1C(=O)/C(=C/c2ccc(OCc3ccc(C)cc3)c(Br)c2)SC1=S. The maximum Gasteiger partial charge on any atom is 0.266 e. The van der Waals surface area contributed by atoms with Crippen LogP contribution in [0.25, 0.3) is 6.08 Å². The fourth-order valence-corrected chi connectivity index (χ4v) is 4.42. The molecule has 0 N–H and O–H groups in total. The second kappa shape index (κ2) is 9.69. The number of hydrogen-bond donors (Lipinski definition) is 0. The molecule has 0 unspecified atom stereocenters. The van der Waals surface area contributed by atoms with Crippen LogP contribution < -0.4 is 4.74 Å². The van der Waals surface area contributed by atoms with Crippen molar-refractivity contribution in [3.8, 4) is 5.75 Å². The Hall–Kier alpha value is -1.67. The van der Waals surface area contributed by atoms with E-state index in [1.807, 2.05) is 24.3 Å². The van der Waals surface area contributed by atoms with Gasteiger partial charge in [0.05, 0.1) is 22.5 Å². The molecule has 0 aromatic heterocycles. The highest BCUT2D eigenvalue weighted by Crippen LogP contribution is 2.34. The van der Waals surface area contributed by atoms with E-state index in [0.717, 1.165) is 21.3 Å². The molecule has 0 radical (unpaired) electrons. The van der Waals surface area contributed by atoms with Gasteiger partial charge in [0.15, 0.2) is 0 Å². The molecule has 4 nitrogen and oxygen atoms in total. The van der Waals surface area contributed by atoms with E-state index in [2.05, 4.69) is 47.1 Å². The monoisotopic (exact) mass is 477 g/mol. The number of ether oxygens (including phenoxy) is 2. The molecule has 1 amide bonds. The van der Waals surface area contributed by atoms with Crippen LogP contribution in [0.5, 0.6) is 5.75 Å². The molecule has 0 bridgehead atoms. The number of benzene rings is 2. The van der Waals surface area contributed by atoms with E-state index in [-0.39, 0.29) is 5.91 Å². The van der Waals surface area contributed by atoms with Gasteiger partial charge < -0.3 is 9.47 Å². The Morgan fingerprint density at radius 1 is 1.21 bits per heavy atom. The number of aryl methyl sites for hydroxylation is 1. The second-order valence-electron chi connectivity index (χ2n) is 6.29. The summed E-state index contributed by atoms with van der Waals surface area (Å²) in [5.74, 6) is 0.674. The van der Waals surface area contributed by atoms with Crippen molar-refractivity contribution in [1.82, 2.24) is 4.90 Å². The number of carbonyl (C=O) groups excluding carboxylic acids is 1. The van der Waals surface area contributed by atoms with Crippen molar-refractivity contribution in [2.75, 3.05) is 20.3 Å². The van der Waals surface area contributed by atoms with Crippen LogP contribution in [0, 0.1) is 6.92 Å². The van der Waals surface area contributed by atoms with Crippen LogP contribution >= 0.6 is 39.9 Å². The minimum absolute atomic E-state index is 0.0807. The van der Waals surface area contributed by atoms with Crippen molar-refractivity contribution in [3.63, 3.8) is 0 Å². The lowest BCUT2D eigenvalue weighted by Gasteiger charge is -2.13. The first-order valence-electron chi connectivity index (χ1n) is 8.70. The number of carbonyl (C=O) groups is 1. The average Bonchev–Trinajstić information content (AvgIpc) is 2.94. The summed E-state index contributed by atoms with van der Waals surface area (Å²) in [4.78, 5) is 14.7. The van der Waals surface area contributed by atoms with Crippen LogP contribution in [-0.4, -0.2) is 35.4 Å². The molecule has 1 aliphatic heterocycles. The molecule has 1 aliphatic rings. The van der Waals surface area contributed by atoms with Crippen LogP contribution in [0.2, 0.25) is 0 Å². The van der Waals surface area contributed by atoms with Crippen LogP contribution in [0.4, 0.5) is 0 Å². The van der Waals surface area contributed by atoms with Crippen molar-refractivity contribution in [3.05, 3.63) is 68.5 Å². The summed E-state index contributed by atoms with van der Waals surface area (Å²) < 4.78 is 12.3. The number of nitrogens with zero attached hydrogens (tertiary/aromatic N) is 1. The number of halogens is 1. The number of methoxy groups -OCH3 is 1. The van der Waals surface area contributed by atoms with E-state index in [1.54, 1.807) is 12.0 Å². The molecule has 146 valence electrons. The third-order valence-electron chi connectivity index (χ3n) is 4.16. The second-order valence-corrected chi connectivity index (χ2v) is 8.82. The molecule has 2 aromatic rings. The topological polar surface area (TPSA) is 38.8 Å². The average molecular weight is 478 g/mol. The Morgan fingerprint density at radius 3 is 2.64 bits per heavy atom. The largest absolute Gasteiger partial charge is 0.488 e. The van der Waals surface area contributed by atoms with Gasteiger partial charge in [-0.25, -0.2) is 0 Å². The van der Waals surface area contributed by atoms with Crippen molar-refractivity contribution in [2.24, 2.45) is 0 Å². The summed E-state index contributed by atoms with van der Waals surface area (Å²) in [7, 11) is 1.60. The van der Waals surface area contributed by atoms with E-state index in [0.29, 0.717) is 29.0 Å². The lowest BCUT2D eigenvalue weighted by Crippen LogP contribution is -2.31. The molecular formula is C21H20BrNO3S2. The normalized spacial score (nSPS) is 15.5. The Labute approximate surface area is 183 Å². The molecule has 1 saturated heterocycles. The lowest BCUT2D eigenvalue weighted by molar-refractivity contribution is -0.122. The first kappa shape index (κ1) is 21.0. The van der Waals surface area contributed by atoms with Crippen LogP contribution in [0.1, 0.15) is 16.7 Å². The highest BCUT2D eigenvalue weighted by atomic mass is 79.9. The summed E-state index contributed by atoms with van der Waals surface area (Å²) in [6.07, 6.45) is 1.85. The maximum atomic E-state index is 12.5. The standard InChI is InChI=1S/C21H20BrNO3S2/c1-14-3-5-15(6-4-14)13-26-18-8-7-16(11-17(18)22)12-19-20(24)23(9-10-25-2)21(27)28-19/h3-8,11-12H,9-10,13H2,1-2H3/b19-12-. The zero-order chi connectivity index (χ0) is 20.1. The first-order chi connectivity index (χ1) is 13.5. The van der Waals surface area contributed by atoms with Gasteiger partial charge >= 0.3 is 0 Å². The molecule has 1 fully saturated rings. The van der Waals surface area contributed by atoms with Crippen molar-refractivity contribution in [1.29, 1.82) is 0 Å². The van der Waals surface area contributed by atoms with Gasteiger partial charge in [-0.3, -0.25) is 9.69 Å². The number of thiocarbonyl (C=S) groups is 1. The molecule has 2 aromatic carbocycles. The minimum atomic E-state index is -0.0807. The molecule has 0 spiro atoms. The van der Waals surface area contributed by atoms with Crippen molar-refractivity contribution < 1.29 is 14.3 Å². The van der Waals surface area contributed by atoms with Gasteiger partial charge in [0.2, 0.25) is 0 Å². The molecule has 7 heteroatoms. The molecule has 28 heavy (non-hydrogen) atoms. The molecule has 0 atom stereocenters. The van der Waals surface area contributed by atoms with Crippen LogP contribution in [0.15, 0.2) is 51.8 Å². The minimum Gasteiger partial charge on any atom is -0.488 e.